The normalized spacial score (nSPS) is 20.6. The van der Waals surface area contributed by atoms with E-state index in [4.69, 9.17) is 16.3 Å². The Kier molecular flexibility index (Phi) is 4.24. The molecule has 17 heavy (non-hydrogen) atoms. The van der Waals surface area contributed by atoms with Gasteiger partial charge in [0.25, 0.3) is 0 Å². The van der Waals surface area contributed by atoms with Gasteiger partial charge in [0, 0.05) is 18.1 Å². The van der Waals surface area contributed by atoms with Gasteiger partial charge in [-0.1, -0.05) is 6.92 Å². The fraction of sp³-hybridized carbons (Fsp3) is 0.538. The van der Waals surface area contributed by atoms with Crippen LogP contribution in [0.3, 0.4) is 0 Å². The molecule has 0 aromatic heterocycles. The minimum atomic E-state index is -0.231. The van der Waals surface area contributed by atoms with E-state index >= 15 is 0 Å². The highest BCUT2D eigenvalue weighted by Crippen LogP contribution is 2.27. The number of benzene rings is 1. The van der Waals surface area contributed by atoms with Gasteiger partial charge >= 0.3 is 0 Å². The summed E-state index contributed by atoms with van der Waals surface area (Å²) in [4.78, 5) is 2.28. The Bertz CT molecular complexity index is 386. The van der Waals surface area contributed by atoms with Crippen molar-refractivity contribution in [2.24, 2.45) is 0 Å². The maximum Gasteiger partial charge on any atom is 0.123 e. The second-order valence-corrected chi connectivity index (χ2v) is 4.50. The molecule has 1 heterocycles. The number of hydrogen-bond acceptors (Lipinski definition) is 2. The summed E-state index contributed by atoms with van der Waals surface area (Å²) in [6.07, 6.45) is 1.01. The molecule has 0 aliphatic carbocycles. The summed E-state index contributed by atoms with van der Waals surface area (Å²) in [6, 6.07) is 5.19. The highest BCUT2D eigenvalue weighted by Gasteiger charge is 2.23. The third-order valence-corrected chi connectivity index (χ3v) is 3.48. The van der Waals surface area contributed by atoms with Gasteiger partial charge in [0.1, 0.15) is 5.82 Å². The first-order valence-electron chi connectivity index (χ1n) is 5.95. The first-order chi connectivity index (χ1) is 8.26. The van der Waals surface area contributed by atoms with Gasteiger partial charge < -0.3 is 9.64 Å². The van der Waals surface area contributed by atoms with Crippen molar-refractivity contribution >= 4 is 17.3 Å². The molecule has 1 unspecified atom stereocenters. The van der Waals surface area contributed by atoms with E-state index in [2.05, 4.69) is 11.8 Å². The molecule has 1 fully saturated rings. The highest BCUT2D eigenvalue weighted by atomic mass is 35.5. The summed E-state index contributed by atoms with van der Waals surface area (Å²) >= 11 is 5.89. The molecule has 1 aliphatic rings. The summed E-state index contributed by atoms with van der Waals surface area (Å²) in [6.45, 7) is 4.43. The van der Waals surface area contributed by atoms with E-state index in [1.165, 1.54) is 12.1 Å². The number of ether oxygens (including phenoxy) is 1. The van der Waals surface area contributed by atoms with Gasteiger partial charge in [-0.05, 0) is 30.2 Å². The molecule has 0 radical (unpaired) electrons. The third kappa shape index (κ3) is 2.72. The Labute approximate surface area is 106 Å². The lowest BCUT2D eigenvalue weighted by Gasteiger charge is -2.38. The Morgan fingerprint density at radius 3 is 3.06 bits per heavy atom. The summed E-state index contributed by atoms with van der Waals surface area (Å²) in [5.74, 6) is 0.103. The average Bonchev–Trinajstić information content (AvgIpc) is 2.38. The van der Waals surface area contributed by atoms with Crippen LogP contribution in [0.4, 0.5) is 10.1 Å². The van der Waals surface area contributed by atoms with Crippen LogP contribution in [0.25, 0.3) is 0 Å². The second kappa shape index (κ2) is 5.69. The molecule has 0 spiro atoms. The number of nitrogens with zero attached hydrogens (tertiary/aromatic N) is 1. The molecular weight excluding hydrogens is 241 g/mol. The Balaban J connectivity index is 2.30. The van der Waals surface area contributed by atoms with Gasteiger partial charge in [-0.25, -0.2) is 4.39 Å². The zero-order chi connectivity index (χ0) is 12.3. The first kappa shape index (κ1) is 12.7. The molecule has 2 nitrogen and oxygen atoms in total. The standard InChI is InChI=1S/C13H17ClFNO/c1-2-12-9-17-6-5-16(12)13-4-3-11(15)7-10(13)8-14/h3-4,7,12H,2,5-6,8-9H2,1H3. The molecule has 2 rings (SSSR count). The summed E-state index contributed by atoms with van der Waals surface area (Å²) in [5.41, 5.74) is 1.89. The van der Waals surface area contributed by atoms with Crippen molar-refractivity contribution in [1.29, 1.82) is 0 Å². The van der Waals surface area contributed by atoms with Gasteiger partial charge in [-0.15, -0.1) is 11.6 Å². The molecule has 0 bridgehead atoms. The smallest absolute Gasteiger partial charge is 0.123 e. The molecule has 94 valence electrons. The van der Waals surface area contributed by atoms with Crippen molar-refractivity contribution in [3.8, 4) is 0 Å². The van der Waals surface area contributed by atoms with Gasteiger partial charge in [0.05, 0.1) is 19.3 Å². The molecule has 1 aromatic carbocycles. The van der Waals surface area contributed by atoms with Crippen molar-refractivity contribution in [2.75, 3.05) is 24.7 Å². The zero-order valence-electron chi connectivity index (χ0n) is 9.96. The summed E-state index contributed by atoms with van der Waals surface area (Å²) in [7, 11) is 0. The summed E-state index contributed by atoms with van der Waals surface area (Å²) in [5, 5.41) is 0. The zero-order valence-corrected chi connectivity index (χ0v) is 10.7. The van der Waals surface area contributed by atoms with Crippen LogP contribution >= 0.6 is 11.6 Å². The number of morpholine rings is 1. The molecule has 1 atom stereocenters. The van der Waals surface area contributed by atoms with E-state index in [1.54, 1.807) is 0 Å². The van der Waals surface area contributed by atoms with E-state index in [9.17, 15) is 4.39 Å². The minimum absolute atomic E-state index is 0.231. The van der Waals surface area contributed by atoms with E-state index in [0.717, 1.165) is 37.4 Å². The number of anilines is 1. The van der Waals surface area contributed by atoms with Crippen LogP contribution in [0.2, 0.25) is 0 Å². The van der Waals surface area contributed by atoms with Crippen LogP contribution in [0.5, 0.6) is 0 Å². The van der Waals surface area contributed by atoms with Gasteiger partial charge in [-0.2, -0.15) is 0 Å². The third-order valence-electron chi connectivity index (χ3n) is 3.19. The topological polar surface area (TPSA) is 12.5 Å². The average molecular weight is 258 g/mol. The number of halogens is 2. The molecule has 0 saturated carbocycles. The maximum absolute atomic E-state index is 13.2. The van der Waals surface area contributed by atoms with Crippen LogP contribution in [0, 0.1) is 5.82 Å². The molecule has 0 N–H and O–H groups in total. The Hall–Kier alpha value is -0.800. The van der Waals surface area contributed by atoms with Gasteiger partial charge in [0.2, 0.25) is 0 Å². The lowest BCUT2D eigenvalue weighted by Crippen LogP contribution is -2.45. The lowest BCUT2D eigenvalue weighted by atomic mass is 10.1. The van der Waals surface area contributed by atoms with Gasteiger partial charge in [-0.3, -0.25) is 0 Å². The summed E-state index contributed by atoms with van der Waals surface area (Å²) < 4.78 is 18.7. The second-order valence-electron chi connectivity index (χ2n) is 4.24. The predicted octanol–water partition coefficient (Wildman–Crippen LogP) is 3.18. The maximum atomic E-state index is 13.2. The van der Waals surface area contributed by atoms with Crippen molar-refractivity contribution in [3.05, 3.63) is 29.6 Å². The van der Waals surface area contributed by atoms with Crippen LogP contribution in [-0.4, -0.2) is 25.8 Å². The predicted molar refractivity (Wildman–Crippen MR) is 68.2 cm³/mol. The van der Waals surface area contributed by atoms with Crippen molar-refractivity contribution in [1.82, 2.24) is 0 Å². The van der Waals surface area contributed by atoms with Crippen LogP contribution in [0.1, 0.15) is 18.9 Å². The van der Waals surface area contributed by atoms with E-state index in [-0.39, 0.29) is 5.82 Å². The Morgan fingerprint density at radius 1 is 1.53 bits per heavy atom. The molecule has 4 heteroatoms. The first-order valence-corrected chi connectivity index (χ1v) is 6.48. The van der Waals surface area contributed by atoms with Crippen LogP contribution in [0.15, 0.2) is 18.2 Å². The van der Waals surface area contributed by atoms with E-state index in [0.29, 0.717) is 11.9 Å². The quantitative estimate of drug-likeness (QED) is 0.771. The fourth-order valence-electron chi connectivity index (χ4n) is 2.25. The van der Waals surface area contributed by atoms with Crippen LogP contribution in [-0.2, 0) is 10.6 Å². The van der Waals surface area contributed by atoms with E-state index in [1.807, 2.05) is 6.07 Å². The Morgan fingerprint density at radius 2 is 2.35 bits per heavy atom. The van der Waals surface area contributed by atoms with Crippen molar-refractivity contribution < 1.29 is 9.13 Å². The van der Waals surface area contributed by atoms with Crippen LogP contribution < -0.4 is 4.90 Å². The molecule has 1 aliphatic heterocycles. The van der Waals surface area contributed by atoms with Crippen molar-refractivity contribution in [3.63, 3.8) is 0 Å². The number of alkyl halides is 1. The molecule has 0 amide bonds. The molecule has 1 saturated heterocycles. The van der Waals surface area contributed by atoms with Gasteiger partial charge in [0.15, 0.2) is 0 Å². The highest BCUT2D eigenvalue weighted by molar-refractivity contribution is 6.17. The van der Waals surface area contributed by atoms with E-state index < -0.39 is 0 Å². The number of rotatable bonds is 3. The number of hydrogen-bond donors (Lipinski definition) is 0. The molecule has 1 aromatic rings. The fourth-order valence-corrected chi connectivity index (χ4v) is 2.47. The monoisotopic (exact) mass is 257 g/mol. The minimum Gasteiger partial charge on any atom is -0.377 e. The molecular formula is C13H17ClFNO. The van der Waals surface area contributed by atoms with Crippen molar-refractivity contribution in [2.45, 2.75) is 25.3 Å². The SMILES string of the molecule is CCC1COCCN1c1ccc(F)cc1CCl. The largest absolute Gasteiger partial charge is 0.377 e. The lowest BCUT2D eigenvalue weighted by molar-refractivity contribution is 0.0929.